The van der Waals surface area contributed by atoms with Gasteiger partial charge in [-0.3, -0.25) is 10.1 Å². The van der Waals surface area contributed by atoms with Crippen molar-refractivity contribution in [3.05, 3.63) is 0 Å². The lowest BCUT2D eigenvalue weighted by Crippen LogP contribution is -2.56. The molecule has 1 aliphatic carbocycles. The van der Waals surface area contributed by atoms with E-state index in [0.29, 0.717) is 24.3 Å². The summed E-state index contributed by atoms with van der Waals surface area (Å²) >= 11 is 0. The number of nitrogens with one attached hydrogen (secondary N) is 1. The van der Waals surface area contributed by atoms with Crippen molar-refractivity contribution in [1.29, 1.82) is 0 Å². The zero-order chi connectivity index (χ0) is 13.1. The van der Waals surface area contributed by atoms with Gasteiger partial charge in [-0.1, -0.05) is 40.0 Å². The van der Waals surface area contributed by atoms with Crippen molar-refractivity contribution in [3.63, 3.8) is 0 Å². The second kappa shape index (κ2) is 5.85. The molecule has 0 bridgehead atoms. The third-order valence-electron chi connectivity index (χ3n) is 4.43. The van der Waals surface area contributed by atoms with E-state index in [1.807, 2.05) is 13.8 Å². The van der Waals surface area contributed by atoms with Crippen LogP contribution in [0.1, 0.15) is 59.8 Å². The first-order valence-electron chi connectivity index (χ1n) is 6.91. The molecule has 0 radical (unpaired) electrons. The smallest absolute Gasteiger partial charge is 0.323 e. The van der Waals surface area contributed by atoms with E-state index in [1.165, 1.54) is 12.8 Å². The highest BCUT2D eigenvalue weighted by Crippen LogP contribution is 2.31. The molecule has 17 heavy (non-hydrogen) atoms. The molecule has 0 aliphatic heterocycles. The number of hydrogen-bond acceptors (Lipinski definition) is 2. The third kappa shape index (κ3) is 3.44. The van der Waals surface area contributed by atoms with Crippen LogP contribution in [0.2, 0.25) is 0 Å². The highest BCUT2D eigenvalue weighted by molar-refractivity contribution is 5.78. The monoisotopic (exact) mass is 241 g/mol. The fraction of sp³-hybridized carbons (Fsp3) is 0.929. The maximum Gasteiger partial charge on any atom is 0.323 e. The maximum atomic E-state index is 11.4. The van der Waals surface area contributed by atoms with Gasteiger partial charge in [0.15, 0.2) is 0 Å². The van der Waals surface area contributed by atoms with E-state index >= 15 is 0 Å². The van der Waals surface area contributed by atoms with Gasteiger partial charge in [-0.25, -0.2) is 0 Å². The molecule has 0 spiro atoms. The Morgan fingerprint density at radius 1 is 1.41 bits per heavy atom. The number of carboxylic acids is 1. The highest BCUT2D eigenvalue weighted by Gasteiger charge is 2.37. The third-order valence-corrected chi connectivity index (χ3v) is 4.43. The molecule has 100 valence electrons. The SMILES string of the molecule is CCCC(C)(NC1CCCC(C)C1C)C(=O)O. The topological polar surface area (TPSA) is 49.3 Å². The van der Waals surface area contributed by atoms with Crippen LogP contribution in [0.25, 0.3) is 0 Å². The summed E-state index contributed by atoms with van der Waals surface area (Å²) in [4.78, 5) is 11.4. The average Bonchev–Trinajstić information content (AvgIpc) is 2.25. The summed E-state index contributed by atoms with van der Waals surface area (Å²) in [7, 11) is 0. The Kier molecular flexibility index (Phi) is 4.99. The standard InChI is InChI=1S/C14H27NO2/c1-5-9-14(4,13(16)17)15-12-8-6-7-10(2)11(12)3/h10-12,15H,5-9H2,1-4H3,(H,16,17). The van der Waals surface area contributed by atoms with E-state index in [-0.39, 0.29) is 0 Å². The first kappa shape index (κ1) is 14.5. The molecular formula is C14H27NO2. The van der Waals surface area contributed by atoms with Gasteiger partial charge < -0.3 is 5.11 Å². The fourth-order valence-corrected chi connectivity index (χ4v) is 2.94. The molecule has 0 heterocycles. The Morgan fingerprint density at radius 3 is 2.59 bits per heavy atom. The maximum absolute atomic E-state index is 11.4. The van der Waals surface area contributed by atoms with Crippen LogP contribution < -0.4 is 5.32 Å². The van der Waals surface area contributed by atoms with Crippen LogP contribution >= 0.6 is 0 Å². The normalized spacial score (nSPS) is 33.1. The molecular weight excluding hydrogens is 214 g/mol. The molecule has 4 atom stereocenters. The summed E-state index contributed by atoms with van der Waals surface area (Å²) in [6.45, 7) is 8.38. The van der Waals surface area contributed by atoms with E-state index in [9.17, 15) is 9.90 Å². The van der Waals surface area contributed by atoms with Crippen LogP contribution in [0.15, 0.2) is 0 Å². The van der Waals surface area contributed by atoms with Crippen LogP contribution in [0.3, 0.4) is 0 Å². The van der Waals surface area contributed by atoms with Gasteiger partial charge in [0.05, 0.1) is 0 Å². The summed E-state index contributed by atoms with van der Waals surface area (Å²) in [5.41, 5.74) is -0.759. The Bertz CT molecular complexity index is 267. The first-order valence-corrected chi connectivity index (χ1v) is 6.91. The summed E-state index contributed by atoms with van der Waals surface area (Å²) in [6.07, 6.45) is 5.19. The minimum absolute atomic E-state index is 0.353. The molecule has 1 aliphatic rings. The molecule has 3 nitrogen and oxygen atoms in total. The van der Waals surface area contributed by atoms with Crippen molar-refractivity contribution in [3.8, 4) is 0 Å². The quantitative estimate of drug-likeness (QED) is 0.778. The summed E-state index contributed by atoms with van der Waals surface area (Å²) in [6, 6.07) is 0.353. The van der Waals surface area contributed by atoms with Crippen molar-refractivity contribution >= 4 is 5.97 Å². The summed E-state index contributed by atoms with van der Waals surface area (Å²) in [5, 5.41) is 12.8. The number of carbonyl (C=O) groups is 1. The number of rotatable bonds is 5. The van der Waals surface area contributed by atoms with Crippen molar-refractivity contribution in [1.82, 2.24) is 5.32 Å². The van der Waals surface area contributed by atoms with Crippen molar-refractivity contribution in [2.45, 2.75) is 71.4 Å². The Labute approximate surface area is 105 Å². The minimum Gasteiger partial charge on any atom is -0.480 e. The molecule has 0 aromatic heterocycles. The fourth-order valence-electron chi connectivity index (χ4n) is 2.94. The average molecular weight is 241 g/mol. The van der Waals surface area contributed by atoms with Crippen LogP contribution in [0, 0.1) is 11.8 Å². The molecule has 0 saturated heterocycles. The molecule has 1 saturated carbocycles. The van der Waals surface area contributed by atoms with Gasteiger partial charge in [0.1, 0.15) is 5.54 Å². The second-order valence-corrected chi connectivity index (χ2v) is 5.91. The van der Waals surface area contributed by atoms with Gasteiger partial charge in [0.2, 0.25) is 0 Å². The van der Waals surface area contributed by atoms with Gasteiger partial charge in [0, 0.05) is 6.04 Å². The van der Waals surface area contributed by atoms with E-state index in [4.69, 9.17) is 0 Å². The minimum atomic E-state index is -0.759. The van der Waals surface area contributed by atoms with Gasteiger partial charge in [0.25, 0.3) is 0 Å². The Morgan fingerprint density at radius 2 is 2.06 bits per heavy atom. The molecule has 0 amide bonds. The highest BCUT2D eigenvalue weighted by atomic mass is 16.4. The van der Waals surface area contributed by atoms with Crippen molar-refractivity contribution < 1.29 is 9.90 Å². The summed E-state index contributed by atoms with van der Waals surface area (Å²) in [5.74, 6) is 0.546. The Hall–Kier alpha value is -0.570. The predicted molar refractivity (Wildman–Crippen MR) is 70.1 cm³/mol. The van der Waals surface area contributed by atoms with Crippen LogP contribution in [0.4, 0.5) is 0 Å². The molecule has 2 N–H and O–H groups in total. The molecule has 1 rings (SSSR count). The van der Waals surface area contributed by atoms with Crippen molar-refractivity contribution in [2.75, 3.05) is 0 Å². The largest absolute Gasteiger partial charge is 0.480 e. The lowest BCUT2D eigenvalue weighted by atomic mass is 9.77. The van der Waals surface area contributed by atoms with Gasteiger partial charge in [-0.15, -0.1) is 0 Å². The zero-order valence-electron chi connectivity index (χ0n) is 11.6. The van der Waals surface area contributed by atoms with Gasteiger partial charge >= 0.3 is 5.97 Å². The lowest BCUT2D eigenvalue weighted by Gasteiger charge is -2.40. The number of aliphatic carboxylic acids is 1. The van der Waals surface area contributed by atoms with E-state index < -0.39 is 11.5 Å². The molecule has 0 aromatic carbocycles. The number of carboxylic acid groups (broad SMARTS) is 1. The van der Waals surface area contributed by atoms with Crippen LogP contribution in [-0.4, -0.2) is 22.7 Å². The number of hydrogen-bond donors (Lipinski definition) is 2. The van der Waals surface area contributed by atoms with E-state index in [2.05, 4.69) is 19.2 Å². The molecule has 1 fully saturated rings. The molecule has 0 aromatic rings. The molecule has 4 unspecified atom stereocenters. The molecule has 3 heteroatoms. The first-order chi connectivity index (χ1) is 7.90. The second-order valence-electron chi connectivity index (χ2n) is 5.91. The predicted octanol–water partition coefficient (Wildman–Crippen LogP) is 3.04. The van der Waals surface area contributed by atoms with Crippen molar-refractivity contribution in [2.24, 2.45) is 11.8 Å². The lowest BCUT2D eigenvalue weighted by molar-refractivity contribution is -0.145. The van der Waals surface area contributed by atoms with Crippen LogP contribution in [-0.2, 0) is 4.79 Å². The summed E-state index contributed by atoms with van der Waals surface area (Å²) < 4.78 is 0. The van der Waals surface area contributed by atoms with E-state index in [1.54, 1.807) is 0 Å². The Balaban J connectivity index is 2.69. The van der Waals surface area contributed by atoms with Gasteiger partial charge in [-0.05, 0) is 31.6 Å². The van der Waals surface area contributed by atoms with Crippen LogP contribution in [0.5, 0.6) is 0 Å². The zero-order valence-corrected chi connectivity index (χ0v) is 11.6. The van der Waals surface area contributed by atoms with Gasteiger partial charge in [-0.2, -0.15) is 0 Å². The van der Waals surface area contributed by atoms with E-state index in [0.717, 1.165) is 12.8 Å².